The van der Waals surface area contributed by atoms with Crippen LogP contribution in [0.1, 0.15) is 187 Å². The number of hydrogen-bond donors (Lipinski definition) is 1. The number of hydrogen-bond acceptors (Lipinski definition) is 11. The summed E-state index contributed by atoms with van der Waals surface area (Å²) in [6.45, 7) is 20.1. The highest BCUT2D eigenvalue weighted by atomic mass is 16.7. The first kappa shape index (κ1) is 46.5. The van der Waals surface area contributed by atoms with Crippen LogP contribution in [-0.2, 0) is 33.3 Å². The second kappa shape index (κ2) is 15.4. The molecule has 0 aromatic carbocycles. The van der Waals surface area contributed by atoms with Crippen molar-refractivity contribution in [3.63, 3.8) is 0 Å². The van der Waals surface area contributed by atoms with Crippen LogP contribution < -0.4 is 0 Å². The van der Waals surface area contributed by atoms with Gasteiger partial charge in [0.15, 0.2) is 23.1 Å². The van der Waals surface area contributed by atoms with Crippen LogP contribution in [-0.4, -0.2) is 86.3 Å². The molecule has 1 N–H and O–H groups in total. The van der Waals surface area contributed by atoms with Gasteiger partial charge in [-0.05, 0) is 153 Å². The molecule has 1 aromatic heterocycles. The quantitative estimate of drug-likeness (QED) is 0.289. The highest BCUT2D eigenvalue weighted by Gasteiger charge is 2.74. The van der Waals surface area contributed by atoms with E-state index in [0.717, 1.165) is 110 Å². The fourth-order valence-electron chi connectivity index (χ4n) is 21.0. The van der Waals surface area contributed by atoms with Crippen molar-refractivity contribution in [2.75, 3.05) is 13.2 Å². The molecule has 0 bridgehead atoms. The van der Waals surface area contributed by atoms with Crippen molar-refractivity contribution in [3.8, 4) is 0 Å². The van der Waals surface area contributed by atoms with Crippen LogP contribution in [0.3, 0.4) is 0 Å². The summed E-state index contributed by atoms with van der Waals surface area (Å²) in [5.74, 6) is 3.72. The second-order valence-electron chi connectivity index (χ2n) is 27.6. The van der Waals surface area contributed by atoms with E-state index in [1.807, 2.05) is 0 Å². The molecule has 2 spiro atoms. The standard InChI is InChI=1S/C57H83N3O9/c1-30-11-19-56(65-28-30)32(3)48-44(68-56)23-40-38-22-47(62)55(64)26-35(13-18-53(55,7)39(38)15-17-52(40,48)6)60-27-43(58-59-60)50(63)67-36-14-16-51(5)34(21-36)9-10-37-41(51)25-46(61)54(8)42(37)24-45-49(54)33(4)57(69-45)20-12-31(2)29-66-57/h27,30-42,44-45,48-49,64H,9-26,28-29H2,1-8H3/t30-,31-,32+,33+,34+,35+,36+,37-,38-,39+,40+,41+,42+,44+,45+,48+,49+,51+,52+,53-,54-,55+,56-,57-/m1/s1. The Morgan fingerprint density at radius 1 is 0.696 bits per heavy atom. The van der Waals surface area contributed by atoms with Gasteiger partial charge in [-0.1, -0.05) is 60.6 Å². The number of ketones is 2. The van der Waals surface area contributed by atoms with Crippen molar-refractivity contribution in [3.05, 3.63) is 11.9 Å². The summed E-state index contributed by atoms with van der Waals surface area (Å²) < 4.78 is 35.0. The minimum Gasteiger partial charge on any atom is -0.458 e. The summed E-state index contributed by atoms with van der Waals surface area (Å²) in [7, 11) is 0. The Kier molecular flexibility index (Phi) is 10.4. The topological polar surface area (TPSA) is 148 Å². The minimum atomic E-state index is -1.46. The van der Waals surface area contributed by atoms with Gasteiger partial charge in [0.05, 0.1) is 37.7 Å². The molecular formula is C57H83N3O9. The smallest absolute Gasteiger partial charge is 0.360 e. The maximum absolute atomic E-state index is 14.7. The second-order valence-corrected chi connectivity index (χ2v) is 27.6. The molecule has 12 aliphatic rings. The molecule has 0 amide bonds. The zero-order valence-electron chi connectivity index (χ0n) is 43.1. The van der Waals surface area contributed by atoms with Gasteiger partial charge in [-0.3, -0.25) is 9.59 Å². The van der Waals surface area contributed by atoms with Crippen molar-refractivity contribution in [2.45, 2.75) is 212 Å². The van der Waals surface area contributed by atoms with Crippen molar-refractivity contribution < 1.29 is 43.2 Å². The van der Waals surface area contributed by atoms with Gasteiger partial charge in [-0.15, -0.1) is 5.10 Å². The largest absolute Gasteiger partial charge is 0.458 e. The van der Waals surface area contributed by atoms with Crippen LogP contribution in [0.15, 0.2) is 6.20 Å². The van der Waals surface area contributed by atoms with Gasteiger partial charge in [-0.25, -0.2) is 9.48 Å². The zero-order valence-corrected chi connectivity index (χ0v) is 43.1. The first-order valence-electron chi connectivity index (χ1n) is 28.3. The summed E-state index contributed by atoms with van der Waals surface area (Å²) in [6.07, 6.45) is 17.5. The molecule has 4 saturated heterocycles. The Morgan fingerprint density at radius 2 is 1.36 bits per heavy atom. The van der Waals surface area contributed by atoms with Gasteiger partial charge in [0.1, 0.15) is 17.5 Å². The highest BCUT2D eigenvalue weighted by molar-refractivity contribution is 5.90. The number of rotatable bonds is 3. The molecule has 8 aliphatic carbocycles. The molecule has 24 atom stereocenters. The number of aliphatic hydroxyl groups is 1. The third-order valence-corrected chi connectivity index (χ3v) is 25.0. The summed E-state index contributed by atoms with van der Waals surface area (Å²) in [5, 5.41) is 21.5. The van der Waals surface area contributed by atoms with Crippen molar-refractivity contribution in [1.82, 2.24) is 15.0 Å². The van der Waals surface area contributed by atoms with E-state index in [9.17, 15) is 19.5 Å². The lowest BCUT2D eigenvalue weighted by molar-refractivity contribution is -0.273. The predicted molar refractivity (Wildman–Crippen MR) is 254 cm³/mol. The SMILES string of the molecule is C[C@@H]1CC[C@@]2(OC1)O[C@H]1C[C@H]3[C@@H]4CC(=O)[C@@]5(O)C[C@@H](n6cc(C(=O)O[C@H]7CC[C@@]8(C)[C@@H](CC[C@@H]9[C@@H]8CC(=O)[C@]8(C)[C@@H]%10[C@H](C[C@@H]98)O[C@]8(CC[C@@H](C)CO8)[C@H]%10C)C7)nn6)CC[C@]5(C)[C@H]4CC[C@]3(C)[C@H]1[C@@H]2C. The maximum Gasteiger partial charge on any atom is 0.360 e. The first-order chi connectivity index (χ1) is 32.8. The first-order valence-corrected chi connectivity index (χ1v) is 28.3. The molecule has 12 heteroatoms. The number of esters is 1. The minimum absolute atomic E-state index is 0.0243. The van der Waals surface area contributed by atoms with Gasteiger partial charge in [0.25, 0.3) is 0 Å². The number of fused-ring (bicyclic) bond motifs is 14. The molecule has 13 rings (SSSR count). The average molecular weight is 954 g/mol. The Morgan fingerprint density at radius 3 is 2.06 bits per heavy atom. The number of Topliss-reactive ketones (excluding diaryl/α,β-unsaturated/α-hetero) is 2. The van der Waals surface area contributed by atoms with Crippen LogP contribution in [0.25, 0.3) is 0 Å². The van der Waals surface area contributed by atoms with Crippen LogP contribution in [0.2, 0.25) is 0 Å². The van der Waals surface area contributed by atoms with Gasteiger partial charge in [-0.2, -0.15) is 0 Å². The van der Waals surface area contributed by atoms with E-state index in [1.54, 1.807) is 10.9 Å². The molecule has 4 aliphatic heterocycles. The van der Waals surface area contributed by atoms with Gasteiger partial charge < -0.3 is 28.8 Å². The normalized spacial score (nSPS) is 57.2. The monoisotopic (exact) mass is 954 g/mol. The molecule has 12 nitrogen and oxygen atoms in total. The molecule has 1 aromatic rings. The van der Waals surface area contributed by atoms with Crippen molar-refractivity contribution in [2.24, 2.45) is 98.6 Å². The highest BCUT2D eigenvalue weighted by Crippen LogP contribution is 2.73. The number of carbonyl (C=O) groups is 3. The fraction of sp³-hybridized carbons (Fsp3) is 0.912. The van der Waals surface area contributed by atoms with E-state index in [0.29, 0.717) is 71.9 Å². The van der Waals surface area contributed by atoms with E-state index in [4.69, 9.17) is 23.7 Å². The average Bonchev–Trinajstić information content (AvgIpc) is 4.11. The van der Waals surface area contributed by atoms with Crippen LogP contribution in [0.4, 0.5) is 0 Å². The van der Waals surface area contributed by atoms with Crippen molar-refractivity contribution >= 4 is 17.5 Å². The Hall–Kier alpha value is -2.25. The molecule has 0 radical (unpaired) electrons. The summed E-state index contributed by atoms with van der Waals surface area (Å²) >= 11 is 0. The number of aromatic nitrogens is 3. The Bertz CT molecular complexity index is 2270. The lowest BCUT2D eigenvalue weighted by atomic mass is 9.42. The molecule has 380 valence electrons. The summed E-state index contributed by atoms with van der Waals surface area (Å²) in [4.78, 5) is 43.1. The lowest BCUT2D eigenvalue weighted by Crippen LogP contribution is -2.66. The number of carbonyl (C=O) groups excluding carboxylic acids is 3. The van der Waals surface area contributed by atoms with Crippen LogP contribution in [0, 0.1) is 98.6 Å². The lowest BCUT2D eigenvalue weighted by Gasteiger charge is -2.63. The van der Waals surface area contributed by atoms with E-state index < -0.39 is 28.6 Å². The van der Waals surface area contributed by atoms with Crippen molar-refractivity contribution in [1.29, 1.82) is 0 Å². The zero-order chi connectivity index (χ0) is 48.0. The van der Waals surface area contributed by atoms with E-state index in [-0.39, 0.29) is 82.2 Å². The summed E-state index contributed by atoms with van der Waals surface area (Å²) in [6, 6.07) is -0.244. The summed E-state index contributed by atoms with van der Waals surface area (Å²) in [5.41, 5.74) is -2.06. The van der Waals surface area contributed by atoms with Gasteiger partial charge in [0, 0.05) is 60.7 Å². The third-order valence-electron chi connectivity index (χ3n) is 25.0. The van der Waals surface area contributed by atoms with E-state index in [2.05, 4.69) is 65.7 Å². The van der Waals surface area contributed by atoms with E-state index >= 15 is 0 Å². The fourth-order valence-corrected chi connectivity index (χ4v) is 21.0. The molecule has 69 heavy (non-hydrogen) atoms. The molecule has 0 unspecified atom stereocenters. The predicted octanol–water partition coefficient (Wildman–Crippen LogP) is 9.71. The number of nitrogens with zero attached hydrogens (tertiary/aromatic N) is 3. The van der Waals surface area contributed by atoms with E-state index in [1.165, 1.54) is 0 Å². The van der Waals surface area contributed by atoms with Crippen LogP contribution >= 0.6 is 0 Å². The Labute approximate surface area is 410 Å². The number of ether oxygens (including phenoxy) is 5. The van der Waals surface area contributed by atoms with Gasteiger partial charge >= 0.3 is 5.97 Å². The van der Waals surface area contributed by atoms with Crippen LogP contribution in [0.5, 0.6) is 0 Å². The molecule has 5 heterocycles. The maximum atomic E-state index is 14.7. The molecule has 8 saturated carbocycles. The molecular weight excluding hydrogens is 871 g/mol. The Balaban J connectivity index is 0.644. The third kappa shape index (κ3) is 6.19. The molecule has 12 fully saturated rings. The van der Waals surface area contributed by atoms with Gasteiger partial charge in [0.2, 0.25) is 0 Å².